The SMILES string of the molecule is O=[N+]([O-])c1ccccc1S(=O)(=O)NCC(c1ccsc1)N1CCCCCC1. The van der Waals surface area contributed by atoms with Gasteiger partial charge in [-0.25, -0.2) is 13.1 Å². The lowest BCUT2D eigenvalue weighted by Gasteiger charge is -2.30. The molecule has 1 aromatic heterocycles. The Kier molecular flexibility index (Phi) is 6.59. The second-order valence-corrected chi connectivity index (χ2v) is 9.11. The normalized spacial score (nSPS) is 17.3. The van der Waals surface area contributed by atoms with Crippen molar-refractivity contribution < 1.29 is 13.3 Å². The first-order valence-corrected chi connectivity index (χ1v) is 11.4. The van der Waals surface area contributed by atoms with Crippen LogP contribution in [0.1, 0.15) is 37.3 Å². The van der Waals surface area contributed by atoms with E-state index in [1.54, 1.807) is 11.3 Å². The number of likely N-dealkylation sites (tertiary alicyclic amines) is 1. The predicted molar refractivity (Wildman–Crippen MR) is 105 cm³/mol. The first-order chi connectivity index (χ1) is 13.0. The Bertz CT molecular complexity index is 860. The number of sulfonamides is 1. The maximum Gasteiger partial charge on any atom is 0.289 e. The summed E-state index contributed by atoms with van der Waals surface area (Å²) >= 11 is 1.58. The summed E-state index contributed by atoms with van der Waals surface area (Å²) in [4.78, 5) is 12.5. The van der Waals surface area contributed by atoms with Crippen LogP contribution in [0.2, 0.25) is 0 Å². The van der Waals surface area contributed by atoms with Crippen molar-refractivity contribution in [3.63, 3.8) is 0 Å². The zero-order chi connectivity index (χ0) is 19.3. The minimum absolute atomic E-state index is 0.0770. The van der Waals surface area contributed by atoms with Crippen molar-refractivity contribution in [1.29, 1.82) is 0 Å². The summed E-state index contributed by atoms with van der Waals surface area (Å²) in [5.41, 5.74) is 0.666. The lowest BCUT2D eigenvalue weighted by atomic mass is 10.1. The van der Waals surface area contributed by atoms with Crippen molar-refractivity contribution in [3.8, 4) is 0 Å². The predicted octanol–water partition coefficient (Wildman–Crippen LogP) is 3.55. The molecule has 1 aliphatic heterocycles. The molecule has 2 aromatic rings. The number of para-hydroxylation sites is 1. The molecular weight excluding hydrogens is 386 g/mol. The fourth-order valence-electron chi connectivity index (χ4n) is 3.43. The van der Waals surface area contributed by atoms with E-state index in [0.29, 0.717) is 0 Å². The smallest absolute Gasteiger partial charge is 0.289 e. The topological polar surface area (TPSA) is 92.5 Å². The lowest BCUT2D eigenvalue weighted by molar-refractivity contribution is -0.387. The molecular formula is C18H23N3O4S2. The number of hydrogen-bond acceptors (Lipinski definition) is 6. The number of nitrogens with zero attached hydrogens (tertiary/aromatic N) is 2. The molecule has 27 heavy (non-hydrogen) atoms. The number of nitro groups is 1. The molecule has 1 saturated heterocycles. The van der Waals surface area contributed by atoms with Crippen molar-refractivity contribution in [1.82, 2.24) is 9.62 Å². The summed E-state index contributed by atoms with van der Waals surface area (Å²) in [5.74, 6) is 0. The van der Waals surface area contributed by atoms with Gasteiger partial charge in [0.2, 0.25) is 10.0 Å². The number of hydrogen-bond donors (Lipinski definition) is 1. The van der Waals surface area contributed by atoms with Crippen LogP contribution in [-0.2, 0) is 10.0 Å². The van der Waals surface area contributed by atoms with Crippen LogP contribution >= 0.6 is 11.3 Å². The lowest BCUT2D eigenvalue weighted by Crippen LogP contribution is -2.38. The van der Waals surface area contributed by atoms with Crippen molar-refractivity contribution >= 4 is 27.0 Å². The maximum absolute atomic E-state index is 12.8. The number of benzene rings is 1. The third-order valence-electron chi connectivity index (χ3n) is 4.83. The fourth-order valence-corrected chi connectivity index (χ4v) is 5.35. The van der Waals surface area contributed by atoms with Gasteiger partial charge >= 0.3 is 0 Å². The van der Waals surface area contributed by atoms with Crippen LogP contribution in [0.4, 0.5) is 5.69 Å². The molecule has 1 aromatic carbocycles. The largest absolute Gasteiger partial charge is 0.295 e. The zero-order valence-corrected chi connectivity index (χ0v) is 16.5. The summed E-state index contributed by atoms with van der Waals surface area (Å²) < 4.78 is 28.1. The second kappa shape index (κ2) is 8.92. The minimum atomic E-state index is -3.98. The Hall–Kier alpha value is -1.81. The van der Waals surface area contributed by atoms with Gasteiger partial charge in [0.15, 0.2) is 4.90 Å². The first-order valence-electron chi connectivity index (χ1n) is 8.98. The molecule has 7 nitrogen and oxygen atoms in total. The van der Waals surface area contributed by atoms with Gasteiger partial charge in [-0.15, -0.1) is 0 Å². The van der Waals surface area contributed by atoms with Crippen molar-refractivity contribution in [2.45, 2.75) is 36.6 Å². The highest BCUT2D eigenvalue weighted by Gasteiger charge is 2.28. The summed E-state index contributed by atoms with van der Waals surface area (Å²) in [6.45, 7) is 2.03. The van der Waals surface area contributed by atoms with Crippen molar-refractivity contribution in [2.24, 2.45) is 0 Å². The highest BCUT2D eigenvalue weighted by Crippen LogP contribution is 2.27. The van der Waals surface area contributed by atoms with Gasteiger partial charge in [0, 0.05) is 18.7 Å². The Morgan fingerprint density at radius 3 is 2.48 bits per heavy atom. The molecule has 0 saturated carbocycles. The number of nitrogens with one attached hydrogen (secondary N) is 1. The minimum Gasteiger partial charge on any atom is -0.295 e. The Balaban J connectivity index is 1.81. The molecule has 0 aliphatic carbocycles. The molecule has 146 valence electrons. The third-order valence-corrected chi connectivity index (χ3v) is 7.00. The van der Waals surface area contributed by atoms with Crippen LogP contribution in [0, 0.1) is 10.1 Å². The molecule has 1 fully saturated rings. The van der Waals surface area contributed by atoms with E-state index in [4.69, 9.17) is 0 Å². The second-order valence-electron chi connectivity index (χ2n) is 6.60. The number of thiophene rings is 1. The number of rotatable bonds is 7. The van der Waals surface area contributed by atoms with Gasteiger partial charge in [-0.3, -0.25) is 15.0 Å². The maximum atomic E-state index is 12.8. The summed E-state index contributed by atoms with van der Waals surface area (Å²) in [6.07, 6.45) is 4.57. The molecule has 1 unspecified atom stereocenters. The summed E-state index contributed by atoms with van der Waals surface area (Å²) in [5, 5.41) is 15.2. The average molecular weight is 410 g/mol. The van der Waals surface area contributed by atoms with Crippen LogP contribution in [0.5, 0.6) is 0 Å². The van der Waals surface area contributed by atoms with Gasteiger partial charge < -0.3 is 0 Å². The molecule has 3 rings (SSSR count). The van der Waals surface area contributed by atoms with Crippen LogP contribution < -0.4 is 4.72 Å². The van der Waals surface area contributed by atoms with Gasteiger partial charge in [-0.05, 0) is 54.4 Å². The highest BCUT2D eigenvalue weighted by atomic mass is 32.2. The van der Waals surface area contributed by atoms with Gasteiger partial charge in [-0.2, -0.15) is 11.3 Å². The van der Waals surface area contributed by atoms with Crippen LogP contribution in [-0.4, -0.2) is 37.9 Å². The van der Waals surface area contributed by atoms with E-state index in [0.717, 1.165) is 31.5 Å². The van der Waals surface area contributed by atoms with Crippen LogP contribution in [0.3, 0.4) is 0 Å². The van der Waals surface area contributed by atoms with Crippen molar-refractivity contribution in [2.75, 3.05) is 19.6 Å². The van der Waals surface area contributed by atoms with E-state index >= 15 is 0 Å². The quantitative estimate of drug-likeness (QED) is 0.558. The third kappa shape index (κ3) is 4.92. The highest BCUT2D eigenvalue weighted by molar-refractivity contribution is 7.89. The van der Waals surface area contributed by atoms with E-state index in [2.05, 4.69) is 9.62 Å². The molecule has 0 amide bonds. The van der Waals surface area contributed by atoms with E-state index in [1.165, 1.54) is 37.1 Å². The van der Waals surface area contributed by atoms with Gasteiger partial charge in [0.1, 0.15) is 0 Å². The zero-order valence-electron chi connectivity index (χ0n) is 14.9. The first kappa shape index (κ1) is 19.9. The van der Waals surface area contributed by atoms with Gasteiger partial charge in [0.05, 0.1) is 4.92 Å². The van der Waals surface area contributed by atoms with E-state index in [1.807, 2.05) is 16.8 Å². The molecule has 1 atom stereocenters. The summed E-state index contributed by atoms with van der Waals surface area (Å²) in [6, 6.07) is 7.37. The van der Waals surface area contributed by atoms with Gasteiger partial charge in [-0.1, -0.05) is 25.0 Å². The molecule has 0 bridgehead atoms. The molecule has 1 N–H and O–H groups in total. The average Bonchev–Trinajstić information content (AvgIpc) is 3.05. The van der Waals surface area contributed by atoms with Crippen LogP contribution in [0.15, 0.2) is 46.0 Å². The van der Waals surface area contributed by atoms with Crippen molar-refractivity contribution in [3.05, 3.63) is 56.8 Å². The van der Waals surface area contributed by atoms with E-state index in [9.17, 15) is 18.5 Å². The van der Waals surface area contributed by atoms with E-state index in [-0.39, 0.29) is 17.5 Å². The Labute approximate surface area is 163 Å². The monoisotopic (exact) mass is 409 g/mol. The molecule has 9 heteroatoms. The molecule has 2 heterocycles. The molecule has 0 radical (unpaired) electrons. The number of nitro benzene ring substituents is 1. The van der Waals surface area contributed by atoms with Gasteiger partial charge in [0.25, 0.3) is 5.69 Å². The standard InChI is InChI=1S/C18H23N3O4S2/c22-21(23)16-7-3-4-8-18(16)27(24,25)19-13-17(15-9-12-26-14-15)20-10-5-1-2-6-11-20/h3-4,7-9,12,14,17,19H,1-2,5-6,10-11,13H2. The van der Waals surface area contributed by atoms with Crippen LogP contribution in [0.25, 0.3) is 0 Å². The fraction of sp³-hybridized carbons (Fsp3) is 0.444. The summed E-state index contributed by atoms with van der Waals surface area (Å²) in [7, 11) is -3.98. The van der Waals surface area contributed by atoms with E-state index < -0.39 is 20.6 Å². The Morgan fingerprint density at radius 2 is 1.85 bits per heavy atom. The Morgan fingerprint density at radius 1 is 1.15 bits per heavy atom. The molecule has 0 spiro atoms. The molecule has 1 aliphatic rings.